The zero-order chi connectivity index (χ0) is 21.3. The Bertz CT molecular complexity index is 1200. The number of aryl methyl sites for hydroxylation is 1. The van der Waals surface area contributed by atoms with Gasteiger partial charge in [-0.3, -0.25) is 10.1 Å². The first-order valence-corrected chi connectivity index (χ1v) is 11.1. The first-order valence-electron chi connectivity index (χ1n) is 10.2. The highest BCUT2D eigenvalue weighted by Gasteiger charge is 2.27. The average molecular weight is 418 g/mol. The number of nitrogens with one attached hydrogen (secondary N) is 1. The van der Waals surface area contributed by atoms with Gasteiger partial charge in [-0.1, -0.05) is 74.9 Å². The van der Waals surface area contributed by atoms with E-state index in [0.29, 0.717) is 12.1 Å². The van der Waals surface area contributed by atoms with Crippen molar-refractivity contribution < 1.29 is 0 Å². The topological polar surface area (TPSA) is 46.9 Å². The average Bonchev–Trinajstić information content (AvgIpc) is 3.24. The van der Waals surface area contributed by atoms with Crippen molar-refractivity contribution >= 4 is 22.1 Å². The maximum atomic E-state index is 13.2. The van der Waals surface area contributed by atoms with Crippen LogP contribution in [0, 0.1) is 12.3 Å². The summed E-state index contributed by atoms with van der Waals surface area (Å²) in [6.07, 6.45) is 0. The molecular formula is C25H27N3OS. The second-order valence-corrected chi connectivity index (χ2v) is 9.72. The van der Waals surface area contributed by atoms with Crippen LogP contribution in [-0.4, -0.2) is 9.78 Å². The summed E-state index contributed by atoms with van der Waals surface area (Å²) in [5.74, 6) is 0. The highest BCUT2D eigenvalue weighted by Crippen LogP contribution is 2.35. The van der Waals surface area contributed by atoms with Crippen LogP contribution in [0.25, 0.3) is 22.0 Å². The second kappa shape index (κ2) is 8.17. The molecule has 5 heteroatoms. The molecule has 1 N–H and O–H groups in total. The fourth-order valence-electron chi connectivity index (χ4n) is 3.73. The Labute approximate surface area is 181 Å². The second-order valence-electron chi connectivity index (χ2n) is 8.74. The maximum absolute atomic E-state index is 13.2. The van der Waals surface area contributed by atoms with Crippen molar-refractivity contribution in [3.05, 3.63) is 86.8 Å². The molecule has 0 saturated heterocycles. The van der Waals surface area contributed by atoms with Crippen molar-refractivity contribution in [3.8, 4) is 11.3 Å². The molecule has 2 heterocycles. The largest absolute Gasteiger partial charge is 0.290 e. The summed E-state index contributed by atoms with van der Waals surface area (Å²) < 4.78 is 1.56. The summed E-state index contributed by atoms with van der Waals surface area (Å²) in [6, 6.07) is 20.3. The van der Waals surface area contributed by atoms with Crippen molar-refractivity contribution in [2.45, 2.75) is 40.4 Å². The minimum Gasteiger partial charge on any atom is -0.290 e. The first kappa shape index (κ1) is 20.5. The molecule has 2 aromatic carbocycles. The van der Waals surface area contributed by atoms with E-state index < -0.39 is 0 Å². The quantitative estimate of drug-likeness (QED) is 0.448. The highest BCUT2D eigenvalue weighted by atomic mass is 32.1. The molecule has 0 aliphatic carbocycles. The number of nitrogens with zero attached hydrogens (tertiary/aromatic N) is 2. The van der Waals surface area contributed by atoms with Crippen LogP contribution in [0.5, 0.6) is 0 Å². The fourth-order valence-corrected chi connectivity index (χ4v) is 4.78. The number of aromatic nitrogens is 2. The van der Waals surface area contributed by atoms with Gasteiger partial charge in [-0.25, -0.2) is 4.68 Å². The molecule has 0 aliphatic rings. The third-order valence-electron chi connectivity index (χ3n) is 5.33. The monoisotopic (exact) mass is 417 g/mol. The van der Waals surface area contributed by atoms with E-state index in [1.54, 1.807) is 16.0 Å². The van der Waals surface area contributed by atoms with Gasteiger partial charge in [-0.15, -0.1) is 11.3 Å². The van der Waals surface area contributed by atoms with Crippen molar-refractivity contribution in [3.63, 3.8) is 0 Å². The molecule has 0 fully saturated rings. The molecule has 0 bridgehead atoms. The van der Waals surface area contributed by atoms with Crippen LogP contribution in [0.2, 0.25) is 0 Å². The van der Waals surface area contributed by atoms with Crippen LogP contribution in [0.4, 0.5) is 0 Å². The zero-order valence-electron chi connectivity index (χ0n) is 17.8. The number of hydrogen-bond donors (Lipinski definition) is 1. The summed E-state index contributed by atoms with van der Waals surface area (Å²) in [5, 5.41) is 12.0. The molecule has 0 radical (unpaired) electrons. The summed E-state index contributed by atoms with van der Waals surface area (Å²) in [5.41, 5.74) is 2.96. The van der Waals surface area contributed by atoms with Crippen LogP contribution >= 0.6 is 11.3 Å². The van der Waals surface area contributed by atoms with Crippen LogP contribution < -0.4 is 10.9 Å². The number of hydrogen-bond acceptors (Lipinski definition) is 4. The van der Waals surface area contributed by atoms with E-state index in [1.807, 2.05) is 24.3 Å². The molecule has 0 spiro atoms. The van der Waals surface area contributed by atoms with Crippen LogP contribution in [0.1, 0.15) is 37.3 Å². The van der Waals surface area contributed by atoms with Crippen molar-refractivity contribution in [1.29, 1.82) is 0 Å². The summed E-state index contributed by atoms with van der Waals surface area (Å²) in [6.45, 7) is 9.04. The van der Waals surface area contributed by atoms with Gasteiger partial charge in [0.15, 0.2) is 0 Å². The standard InChI is InChI=1S/C25H27N3OS/c1-17-11-13-18(14-12-17)22-19-8-5-6-9-20(19)24(29)28(27-22)16-26-23(25(2,3)4)21-10-7-15-30-21/h5-15,23,26H,16H2,1-4H3/t23-/m0/s1. The van der Waals surface area contributed by atoms with Gasteiger partial charge in [0.25, 0.3) is 5.56 Å². The third kappa shape index (κ3) is 4.09. The molecule has 154 valence electrons. The molecule has 4 aromatic rings. The van der Waals surface area contributed by atoms with Gasteiger partial charge in [-0.05, 0) is 29.9 Å². The lowest BCUT2D eigenvalue weighted by Gasteiger charge is -2.31. The van der Waals surface area contributed by atoms with Gasteiger partial charge in [-0.2, -0.15) is 5.10 Å². The highest BCUT2D eigenvalue weighted by molar-refractivity contribution is 7.10. The molecular weight excluding hydrogens is 390 g/mol. The minimum atomic E-state index is -0.0761. The summed E-state index contributed by atoms with van der Waals surface area (Å²) >= 11 is 1.73. The van der Waals surface area contributed by atoms with E-state index in [-0.39, 0.29) is 17.0 Å². The van der Waals surface area contributed by atoms with E-state index in [2.05, 4.69) is 74.8 Å². The van der Waals surface area contributed by atoms with Gasteiger partial charge in [0, 0.05) is 21.9 Å². The Balaban J connectivity index is 1.77. The number of thiophene rings is 1. The predicted molar refractivity (Wildman–Crippen MR) is 126 cm³/mol. The Morgan fingerprint density at radius 1 is 1.00 bits per heavy atom. The van der Waals surface area contributed by atoms with Gasteiger partial charge in [0.1, 0.15) is 0 Å². The molecule has 30 heavy (non-hydrogen) atoms. The van der Waals surface area contributed by atoms with Crippen molar-refractivity contribution in [2.24, 2.45) is 5.41 Å². The molecule has 0 aliphatic heterocycles. The van der Waals surface area contributed by atoms with E-state index >= 15 is 0 Å². The number of benzene rings is 2. The third-order valence-corrected chi connectivity index (χ3v) is 6.27. The van der Waals surface area contributed by atoms with Crippen LogP contribution in [-0.2, 0) is 6.67 Å². The summed E-state index contributed by atoms with van der Waals surface area (Å²) in [7, 11) is 0. The predicted octanol–water partition coefficient (Wildman–Crippen LogP) is 5.77. The number of fused-ring (bicyclic) bond motifs is 1. The van der Waals surface area contributed by atoms with Crippen LogP contribution in [0.3, 0.4) is 0 Å². The number of rotatable bonds is 5. The van der Waals surface area contributed by atoms with Crippen molar-refractivity contribution in [1.82, 2.24) is 15.1 Å². The van der Waals surface area contributed by atoms with Crippen molar-refractivity contribution in [2.75, 3.05) is 0 Å². The van der Waals surface area contributed by atoms with Gasteiger partial charge in [0.2, 0.25) is 0 Å². The fraction of sp³-hybridized carbons (Fsp3) is 0.280. The van der Waals surface area contributed by atoms with Crippen LogP contribution in [0.15, 0.2) is 70.8 Å². The molecule has 0 amide bonds. The SMILES string of the molecule is Cc1ccc(-c2nn(CN[C@@H](c3cccs3)C(C)(C)C)c(=O)c3ccccc23)cc1. The smallest absolute Gasteiger partial charge is 0.275 e. The molecule has 2 aromatic heterocycles. The summed E-state index contributed by atoms with van der Waals surface area (Å²) in [4.78, 5) is 14.4. The first-order chi connectivity index (χ1) is 14.3. The molecule has 4 rings (SSSR count). The minimum absolute atomic E-state index is 0.00506. The zero-order valence-corrected chi connectivity index (χ0v) is 18.7. The Morgan fingerprint density at radius 2 is 1.70 bits per heavy atom. The maximum Gasteiger partial charge on any atom is 0.275 e. The van der Waals surface area contributed by atoms with Gasteiger partial charge in [0.05, 0.1) is 17.7 Å². The lowest BCUT2D eigenvalue weighted by atomic mass is 9.86. The Morgan fingerprint density at radius 3 is 2.33 bits per heavy atom. The van der Waals surface area contributed by atoms with E-state index in [4.69, 9.17) is 5.10 Å². The Hall–Kier alpha value is -2.76. The Kier molecular flexibility index (Phi) is 5.58. The molecule has 0 saturated carbocycles. The normalized spacial score (nSPS) is 12.9. The van der Waals surface area contributed by atoms with Gasteiger partial charge < -0.3 is 0 Å². The van der Waals surface area contributed by atoms with E-state index in [9.17, 15) is 4.79 Å². The van der Waals surface area contributed by atoms with Gasteiger partial charge >= 0.3 is 0 Å². The lowest BCUT2D eigenvalue weighted by Crippen LogP contribution is -2.37. The van der Waals surface area contributed by atoms with E-state index in [0.717, 1.165) is 16.6 Å². The molecule has 4 nitrogen and oxygen atoms in total. The molecule has 1 atom stereocenters. The lowest BCUT2D eigenvalue weighted by molar-refractivity contribution is 0.254. The molecule has 0 unspecified atom stereocenters. The van der Waals surface area contributed by atoms with E-state index in [1.165, 1.54) is 10.4 Å².